The van der Waals surface area contributed by atoms with Crippen LogP contribution in [0.2, 0.25) is 0 Å². The van der Waals surface area contributed by atoms with Crippen LogP contribution in [-0.2, 0) is 23.0 Å². The van der Waals surface area contributed by atoms with E-state index in [2.05, 4.69) is 6.07 Å². The zero-order valence-corrected chi connectivity index (χ0v) is 14.3. The van der Waals surface area contributed by atoms with Gasteiger partial charge >= 0.3 is 0 Å². The molecule has 1 amide bonds. The number of rotatable bonds is 2. The highest BCUT2D eigenvalue weighted by atomic mass is 32.2. The molecule has 0 bridgehead atoms. The Labute approximate surface area is 142 Å². The van der Waals surface area contributed by atoms with E-state index in [0.29, 0.717) is 13.1 Å². The molecule has 0 atom stereocenters. The Bertz CT molecular complexity index is 891. The van der Waals surface area contributed by atoms with E-state index in [1.165, 1.54) is 11.6 Å². The summed E-state index contributed by atoms with van der Waals surface area (Å²) in [5.74, 6) is -0.292. The topological polar surface area (TPSA) is 80.5 Å². The molecule has 0 fully saturated rings. The minimum Gasteiger partial charge on any atom is -0.334 e. The van der Waals surface area contributed by atoms with E-state index in [1.54, 1.807) is 17.0 Å². The second-order valence-corrected chi connectivity index (χ2v) is 7.67. The predicted molar refractivity (Wildman–Crippen MR) is 92.1 cm³/mol. The van der Waals surface area contributed by atoms with Crippen LogP contribution in [0.25, 0.3) is 0 Å². The Morgan fingerprint density at radius 1 is 1.12 bits per heavy atom. The standard InChI is InChI=1S/C18H20N2O3S/c1-13-8-9-17(24(19,22)23)16(11-13)18(21)20-10-4-7-14-5-2-3-6-15(14)12-20/h2-3,5-6,8-9,11H,4,7,10,12H2,1H3,(H2,19,22,23). The summed E-state index contributed by atoms with van der Waals surface area (Å²) in [7, 11) is -3.95. The molecule has 0 aliphatic carbocycles. The fraction of sp³-hybridized carbons (Fsp3) is 0.278. The molecule has 5 nitrogen and oxygen atoms in total. The molecule has 0 spiro atoms. The number of carbonyl (C=O) groups excluding carboxylic acids is 1. The van der Waals surface area contributed by atoms with Crippen LogP contribution in [0.15, 0.2) is 47.4 Å². The van der Waals surface area contributed by atoms with E-state index in [-0.39, 0.29) is 16.4 Å². The Morgan fingerprint density at radius 3 is 2.54 bits per heavy atom. The number of hydrogen-bond acceptors (Lipinski definition) is 3. The average Bonchev–Trinajstić information content (AvgIpc) is 2.75. The molecule has 0 radical (unpaired) electrons. The molecular formula is C18H20N2O3S. The van der Waals surface area contributed by atoms with Crippen LogP contribution < -0.4 is 5.14 Å². The lowest BCUT2D eigenvalue weighted by atomic mass is 10.0. The van der Waals surface area contributed by atoms with Crippen molar-refractivity contribution in [3.63, 3.8) is 0 Å². The molecule has 3 rings (SSSR count). The minimum atomic E-state index is -3.95. The number of fused-ring (bicyclic) bond motifs is 1. The summed E-state index contributed by atoms with van der Waals surface area (Å²) in [6, 6.07) is 12.7. The molecule has 2 aromatic rings. The Balaban J connectivity index is 2.00. The summed E-state index contributed by atoms with van der Waals surface area (Å²) >= 11 is 0. The second kappa shape index (κ2) is 6.37. The van der Waals surface area contributed by atoms with Crippen molar-refractivity contribution >= 4 is 15.9 Å². The van der Waals surface area contributed by atoms with E-state index in [0.717, 1.165) is 24.0 Å². The van der Waals surface area contributed by atoms with E-state index in [4.69, 9.17) is 5.14 Å². The molecule has 1 aliphatic heterocycles. The van der Waals surface area contributed by atoms with Gasteiger partial charge in [-0.25, -0.2) is 13.6 Å². The van der Waals surface area contributed by atoms with Gasteiger partial charge in [0.25, 0.3) is 5.91 Å². The Morgan fingerprint density at radius 2 is 1.83 bits per heavy atom. The summed E-state index contributed by atoms with van der Waals surface area (Å²) in [6.45, 7) is 2.89. The van der Waals surface area contributed by atoms with Gasteiger partial charge in [0.2, 0.25) is 10.0 Å². The van der Waals surface area contributed by atoms with Crippen molar-refractivity contribution < 1.29 is 13.2 Å². The largest absolute Gasteiger partial charge is 0.334 e. The van der Waals surface area contributed by atoms with Crippen LogP contribution in [-0.4, -0.2) is 25.8 Å². The van der Waals surface area contributed by atoms with Crippen LogP contribution >= 0.6 is 0 Å². The van der Waals surface area contributed by atoms with Gasteiger partial charge in [-0.3, -0.25) is 4.79 Å². The smallest absolute Gasteiger partial charge is 0.255 e. The van der Waals surface area contributed by atoms with Gasteiger partial charge in [-0.2, -0.15) is 0 Å². The number of aryl methyl sites for hydroxylation is 2. The molecule has 1 heterocycles. The van der Waals surface area contributed by atoms with Gasteiger partial charge in [0.05, 0.1) is 10.5 Å². The number of nitrogens with zero attached hydrogens (tertiary/aromatic N) is 1. The number of nitrogens with two attached hydrogens (primary N) is 1. The summed E-state index contributed by atoms with van der Waals surface area (Å²) in [5.41, 5.74) is 3.31. The molecule has 2 aromatic carbocycles. The van der Waals surface area contributed by atoms with Crippen molar-refractivity contribution in [2.45, 2.75) is 31.2 Å². The SMILES string of the molecule is Cc1ccc(S(N)(=O)=O)c(C(=O)N2CCCc3ccccc3C2)c1. The van der Waals surface area contributed by atoms with E-state index < -0.39 is 10.0 Å². The minimum absolute atomic E-state index is 0.115. The first-order valence-corrected chi connectivity index (χ1v) is 9.40. The van der Waals surface area contributed by atoms with E-state index >= 15 is 0 Å². The van der Waals surface area contributed by atoms with Gasteiger partial charge in [0.15, 0.2) is 0 Å². The lowest BCUT2D eigenvalue weighted by molar-refractivity contribution is 0.0742. The monoisotopic (exact) mass is 344 g/mol. The van der Waals surface area contributed by atoms with Gasteiger partial charge in [0.1, 0.15) is 0 Å². The number of hydrogen-bond donors (Lipinski definition) is 1. The van der Waals surface area contributed by atoms with Gasteiger partial charge in [-0.1, -0.05) is 35.9 Å². The first-order valence-electron chi connectivity index (χ1n) is 7.86. The fourth-order valence-electron chi connectivity index (χ4n) is 3.10. The van der Waals surface area contributed by atoms with Crippen LogP contribution in [0.1, 0.15) is 33.5 Å². The highest BCUT2D eigenvalue weighted by Gasteiger charge is 2.25. The lowest BCUT2D eigenvalue weighted by Crippen LogP contribution is -2.32. The number of amides is 1. The second-order valence-electron chi connectivity index (χ2n) is 6.14. The third kappa shape index (κ3) is 3.34. The van der Waals surface area contributed by atoms with Crippen LogP contribution in [0.3, 0.4) is 0 Å². The van der Waals surface area contributed by atoms with Gasteiger partial charge in [-0.15, -0.1) is 0 Å². The molecule has 6 heteroatoms. The van der Waals surface area contributed by atoms with Gasteiger partial charge < -0.3 is 4.90 Å². The van der Waals surface area contributed by atoms with Crippen molar-refractivity contribution in [2.75, 3.05) is 6.54 Å². The molecular weight excluding hydrogens is 324 g/mol. The zero-order valence-electron chi connectivity index (χ0n) is 13.5. The molecule has 126 valence electrons. The number of sulfonamides is 1. The molecule has 0 saturated heterocycles. The predicted octanol–water partition coefficient (Wildman–Crippen LogP) is 2.23. The average molecular weight is 344 g/mol. The summed E-state index contributed by atoms with van der Waals surface area (Å²) in [5, 5.41) is 5.28. The summed E-state index contributed by atoms with van der Waals surface area (Å²) < 4.78 is 23.7. The van der Waals surface area contributed by atoms with Crippen LogP contribution in [0, 0.1) is 6.92 Å². The Hall–Kier alpha value is -2.18. The number of carbonyl (C=O) groups is 1. The maximum absolute atomic E-state index is 13.0. The number of primary sulfonamides is 1. The van der Waals surface area contributed by atoms with Crippen molar-refractivity contribution in [2.24, 2.45) is 5.14 Å². The fourth-order valence-corrected chi connectivity index (χ4v) is 3.81. The first-order chi connectivity index (χ1) is 11.4. The quantitative estimate of drug-likeness (QED) is 0.907. The summed E-state index contributed by atoms with van der Waals surface area (Å²) in [4.78, 5) is 14.6. The normalized spacial score (nSPS) is 14.8. The first kappa shape index (κ1) is 16.7. The maximum atomic E-state index is 13.0. The lowest BCUT2D eigenvalue weighted by Gasteiger charge is -2.22. The maximum Gasteiger partial charge on any atom is 0.255 e. The Kier molecular flexibility index (Phi) is 4.43. The third-order valence-electron chi connectivity index (χ3n) is 4.31. The van der Waals surface area contributed by atoms with E-state index in [1.807, 2.05) is 25.1 Å². The summed E-state index contributed by atoms with van der Waals surface area (Å²) in [6.07, 6.45) is 1.76. The van der Waals surface area contributed by atoms with Gasteiger partial charge in [-0.05, 0) is 43.0 Å². The van der Waals surface area contributed by atoms with Crippen LogP contribution in [0.4, 0.5) is 0 Å². The third-order valence-corrected chi connectivity index (χ3v) is 5.28. The van der Waals surface area contributed by atoms with E-state index in [9.17, 15) is 13.2 Å². The zero-order chi connectivity index (χ0) is 17.3. The highest BCUT2D eigenvalue weighted by Crippen LogP contribution is 2.23. The van der Waals surface area contributed by atoms with Gasteiger partial charge in [0, 0.05) is 13.1 Å². The molecule has 0 unspecified atom stereocenters. The van der Waals surface area contributed by atoms with Crippen molar-refractivity contribution in [3.05, 3.63) is 64.7 Å². The molecule has 0 aromatic heterocycles. The van der Waals surface area contributed by atoms with Crippen molar-refractivity contribution in [1.29, 1.82) is 0 Å². The number of benzene rings is 2. The molecule has 1 aliphatic rings. The molecule has 2 N–H and O–H groups in total. The van der Waals surface area contributed by atoms with Crippen LogP contribution in [0.5, 0.6) is 0 Å². The van der Waals surface area contributed by atoms with Crippen molar-refractivity contribution in [1.82, 2.24) is 4.90 Å². The highest BCUT2D eigenvalue weighted by molar-refractivity contribution is 7.89. The molecule has 24 heavy (non-hydrogen) atoms. The molecule has 0 saturated carbocycles. The van der Waals surface area contributed by atoms with Crippen molar-refractivity contribution in [3.8, 4) is 0 Å².